The van der Waals surface area contributed by atoms with Crippen molar-refractivity contribution in [3.8, 4) is 17.3 Å². The highest BCUT2D eigenvalue weighted by Crippen LogP contribution is 2.38. The van der Waals surface area contributed by atoms with Gasteiger partial charge in [-0.15, -0.1) is 5.10 Å². The predicted octanol–water partition coefficient (Wildman–Crippen LogP) is 5.10. The van der Waals surface area contributed by atoms with E-state index in [0.29, 0.717) is 62.6 Å². The number of amides is 1. The number of fused-ring (bicyclic) bond motifs is 2. The molecule has 2 aliphatic rings. The van der Waals surface area contributed by atoms with Gasteiger partial charge in [-0.3, -0.25) is 9.78 Å². The Morgan fingerprint density at radius 2 is 1.82 bits per heavy atom. The van der Waals surface area contributed by atoms with Crippen LogP contribution in [0.5, 0.6) is 6.01 Å². The molecule has 1 unspecified atom stereocenters. The van der Waals surface area contributed by atoms with Gasteiger partial charge < -0.3 is 20.3 Å². The lowest BCUT2D eigenvalue weighted by atomic mass is 10.0. The van der Waals surface area contributed by atoms with Gasteiger partial charge in [-0.1, -0.05) is 41.9 Å². The van der Waals surface area contributed by atoms with E-state index >= 15 is 4.39 Å². The molecule has 0 radical (unpaired) electrons. The first-order valence-corrected chi connectivity index (χ1v) is 17.3. The van der Waals surface area contributed by atoms with Crippen LogP contribution in [0.1, 0.15) is 24.6 Å². The van der Waals surface area contributed by atoms with Gasteiger partial charge in [0.05, 0.1) is 10.3 Å². The zero-order chi connectivity index (χ0) is 33.5. The number of benzene rings is 3. The molecule has 0 bridgehead atoms. The van der Waals surface area contributed by atoms with E-state index in [1.165, 1.54) is 10.4 Å². The number of nitrogens with zero attached hydrogens (tertiary/aromatic N) is 7. The molecule has 49 heavy (non-hydrogen) atoms. The van der Waals surface area contributed by atoms with Gasteiger partial charge in [-0.05, 0) is 48.6 Å². The topological polar surface area (TPSA) is 140 Å². The fraction of sp³-hybridized carbons (Fsp3) is 0.235. The largest absolute Gasteiger partial charge is 0.453 e. The molecule has 3 aromatic heterocycles. The summed E-state index contributed by atoms with van der Waals surface area (Å²) in [5, 5.41) is 12.8. The fourth-order valence-corrected chi connectivity index (χ4v) is 7.00. The molecule has 3 aromatic carbocycles. The standard InChI is InChI=1S/C34H29ClFN9O3S/c35-26-6-2-4-20-3-1-5-24(28(20)26)30-29(36)31-25(17-38-30)33(44-15-13-37-14-16-44)42-34(41-31)48-18-27(46)40-22-9-11-23(12-10-22)49(47)45-19-39-32(43-45)21-7-8-21/h1-6,9-12,17,19,21,37H,7-8,13-16,18H2,(H,40,46). The molecule has 1 saturated carbocycles. The first kappa shape index (κ1) is 31.2. The minimum atomic E-state index is -1.57. The molecular formula is C34H29ClFN9O3S. The summed E-state index contributed by atoms with van der Waals surface area (Å²) in [7, 11) is -1.57. The number of hydrogen-bond acceptors (Lipinski definition) is 10. The molecule has 4 heterocycles. The van der Waals surface area contributed by atoms with Crippen LogP contribution in [0.2, 0.25) is 5.02 Å². The zero-order valence-electron chi connectivity index (χ0n) is 26.0. The van der Waals surface area contributed by atoms with Gasteiger partial charge in [0.1, 0.15) is 23.4 Å². The lowest BCUT2D eigenvalue weighted by Crippen LogP contribution is -2.44. The Balaban J connectivity index is 1.04. The number of anilines is 2. The number of carbonyl (C=O) groups is 1. The highest BCUT2D eigenvalue weighted by Gasteiger charge is 2.28. The summed E-state index contributed by atoms with van der Waals surface area (Å²) in [4.78, 5) is 33.3. The van der Waals surface area contributed by atoms with Crippen molar-refractivity contribution in [2.45, 2.75) is 23.7 Å². The highest BCUT2D eigenvalue weighted by molar-refractivity contribution is 7.83. The maximum Gasteiger partial charge on any atom is 0.319 e. The summed E-state index contributed by atoms with van der Waals surface area (Å²) in [6.07, 6.45) is 5.15. The molecule has 15 heteroatoms. The lowest BCUT2D eigenvalue weighted by Gasteiger charge is -2.29. The van der Waals surface area contributed by atoms with Crippen molar-refractivity contribution in [1.29, 1.82) is 0 Å². The average Bonchev–Trinajstić information content (AvgIpc) is 3.87. The summed E-state index contributed by atoms with van der Waals surface area (Å²) in [6, 6.07) is 17.4. The number of pyridine rings is 1. The summed E-state index contributed by atoms with van der Waals surface area (Å²) >= 11 is 6.56. The maximum absolute atomic E-state index is 16.5. The van der Waals surface area contributed by atoms with E-state index in [9.17, 15) is 9.00 Å². The molecule has 6 aromatic rings. The zero-order valence-corrected chi connectivity index (χ0v) is 27.5. The van der Waals surface area contributed by atoms with Gasteiger partial charge in [0.25, 0.3) is 5.91 Å². The maximum atomic E-state index is 16.5. The number of nitrogens with one attached hydrogen (secondary N) is 2. The molecule has 1 atom stereocenters. The molecule has 8 rings (SSSR count). The summed E-state index contributed by atoms with van der Waals surface area (Å²) in [5.41, 5.74) is 1.12. The van der Waals surface area contributed by atoms with E-state index < -0.39 is 29.3 Å². The van der Waals surface area contributed by atoms with Crippen molar-refractivity contribution >= 4 is 61.7 Å². The third-order valence-electron chi connectivity index (χ3n) is 8.44. The van der Waals surface area contributed by atoms with Gasteiger partial charge in [0.15, 0.2) is 29.2 Å². The number of piperazine rings is 1. The Labute approximate surface area is 287 Å². The highest BCUT2D eigenvalue weighted by atomic mass is 35.5. The van der Waals surface area contributed by atoms with Gasteiger partial charge in [-0.25, -0.2) is 13.6 Å². The summed E-state index contributed by atoms with van der Waals surface area (Å²) in [6.45, 7) is 2.28. The van der Waals surface area contributed by atoms with Crippen molar-refractivity contribution in [3.63, 3.8) is 0 Å². The van der Waals surface area contributed by atoms with E-state index in [0.717, 1.165) is 31.3 Å². The van der Waals surface area contributed by atoms with E-state index in [1.807, 2.05) is 29.2 Å². The van der Waals surface area contributed by atoms with Gasteiger partial charge >= 0.3 is 6.01 Å². The van der Waals surface area contributed by atoms with Gasteiger partial charge in [0.2, 0.25) is 0 Å². The van der Waals surface area contributed by atoms with Gasteiger partial charge in [-0.2, -0.15) is 14.1 Å². The Hall–Kier alpha value is -5.05. The third kappa shape index (κ3) is 6.30. The normalized spacial score (nSPS) is 15.4. The van der Waals surface area contributed by atoms with Gasteiger partial charge in [0, 0.05) is 60.0 Å². The molecule has 2 fully saturated rings. The summed E-state index contributed by atoms with van der Waals surface area (Å²) < 4.78 is 36.5. The molecule has 12 nitrogen and oxygen atoms in total. The van der Waals surface area contributed by atoms with E-state index in [-0.39, 0.29) is 17.2 Å². The Morgan fingerprint density at radius 3 is 2.59 bits per heavy atom. The first-order valence-electron chi connectivity index (χ1n) is 15.8. The van der Waals surface area contributed by atoms with E-state index in [2.05, 4.69) is 35.7 Å². The number of carbonyl (C=O) groups excluding carboxylic acids is 1. The number of aromatic nitrogens is 6. The number of ether oxygens (including phenoxy) is 1. The van der Waals surface area contributed by atoms with Crippen molar-refractivity contribution < 1.29 is 18.1 Å². The second-order valence-electron chi connectivity index (χ2n) is 11.8. The average molecular weight is 698 g/mol. The second-order valence-corrected chi connectivity index (χ2v) is 13.5. The minimum absolute atomic E-state index is 0.0215. The molecule has 1 saturated heterocycles. The van der Waals surface area contributed by atoms with Crippen molar-refractivity contribution in [3.05, 3.63) is 89.9 Å². The smallest absolute Gasteiger partial charge is 0.319 e. The molecule has 1 aliphatic heterocycles. The monoisotopic (exact) mass is 697 g/mol. The van der Waals surface area contributed by atoms with E-state index in [1.54, 1.807) is 42.6 Å². The van der Waals surface area contributed by atoms with Crippen LogP contribution < -0.4 is 20.3 Å². The second kappa shape index (κ2) is 13.1. The van der Waals surface area contributed by atoms with Crippen LogP contribution in [0.25, 0.3) is 32.9 Å². The molecule has 1 amide bonds. The third-order valence-corrected chi connectivity index (χ3v) is 9.95. The van der Waals surface area contributed by atoms with Crippen molar-refractivity contribution in [1.82, 2.24) is 34.4 Å². The number of hydrogen-bond donors (Lipinski definition) is 2. The molecule has 1 aliphatic carbocycles. The van der Waals surface area contributed by atoms with Crippen molar-refractivity contribution in [2.75, 3.05) is 43.0 Å². The first-order chi connectivity index (χ1) is 23.9. The van der Waals surface area contributed by atoms with E-state index in [4.69, 9.17) is 16.3 Å². The Morgan fingerprint density at radius 1 is 1.04 bits per heavy atom. The number of halogens is 2. The fourth-order valence-electron chi connectivity index (χ4n) is 5.84. The van der Waals surface area contributed by atoms with Crippen LogP contribution in [0.3, 0.4) is 0 Å². The van der Waals surface area contributed by atoms with Crippen LogP contribution in [-0.2, 0) is 15.8 Å². The Bertz CT molecular complexity index is 2240. The molecule has 248 valence electrons. The SMILES string of the molecule is O=C(COc1nc(N2CCNCC2)c2cnc(-c3cccc4cccc(Cl)c34)c(F)c2n1)Nc1ccc(S(=O)n2cnc(C3CC3)n2)cc1. The molecule has 2 N–H and O–H groups in total. The molecular weight excluding hydrogens is 669 g/mol. The van der Waals surface area contributed by atoms with Crippen molar-refractivity contribution in [2.24, 2.45) is 0 Å². The predicted molar refractivity (Wildman–Crippen MR) is 185 cm³/mol. The van der Waals surface area contributed by atoms with Crippen LogP contribution in [0.15, 0.2) is 78.1 Å². The van der Waals surface area contributed by atoms with Crippen LogP contribution in [-0.4, -0.2) is 72.0 Å². The Kier molecular flexibility index (Phi) is 8.35. The minimum Gasteiger partial charge on any atom is -0.453 e. The number of rotatable bonds is 9. The van der Waals surface area contributed by atoms with Crippen LogP contribution in [0, 0.1) is 5.82 Å². The van der Waals surface area contributed by atoms with Crippen LogP contribution >= 0.6 is 11.6 Å². The lowest BCUT2D eigenvalue weighted by molar-refractivity contribution is -0.118. The van der Waals surface area contributed by atoms with Crippen LogP contribution in [0.4, 0.5) is 15.9 Å². The molecule has 0 spiro atoms. The summed E-state index contributed by atoms with van der Waals surface area (Å²) in [5.74, 6) is 0.409. The quantitative estimate of drug-likeness (QED) is 0.210.